The third-order valence-electron chi connectivity index (χ3n) is 2.88. The number of benzene rings is 1. The standard InChI is InChI=1S/C14H19BrN2O3/c1-8-6-11(15)7-9(2)12(8)17-14(20)13(19)16-10(3)4-5-18/h6-7,10,18H,4-5H2,1-3H3,(H,16,19)(H,17,20)/t10-/m1/s1. The van der Waals surface area contributed by atoms with Gasteiger partial charge in [0, 0.05) is 22.8 Å². The molecule has 1 aromatic rings. The molecule has 1 rings (SSSR count). The van der Waals surface area contributed by atoms with E-state index in [-0.39, 0.29) is 12.6 Å². The van der Waals surface area contributed by atoms with Crippen LogP contribution in [0.3, 0.4) is 0 Å². The van der Waals surface area contributed by atoms with Crippen LogP contribution in [0.5, 0.6) is 0 Å². The van der Waals surface area contributed by atoms with Crippen molar-refractivity contribution in [3.05, 3.63) is 27.7 Å². The van der Waals surface area contributed by atoms with Crippen molar-refractivity contribution in [3.63, 3.8) is 0 Å². The minimum Gasteiger partial charge on any atom is -0.396 e. The van der Waals surface area contributed by atoms with E-state index >= 15 is 0 Å². The summed E-state index contributed by atoms with van der Waals surface area (Å²) in [5.41, 5.74) is 2.39. The molecule has 0 saturated heterocycles. The van der Waals surface area contributed by atoms with Crippen LogP contribution in [-0.2, 0) is 9.59 Å². The summed E-state index contributed by atoms with van der Waals surface area (Å²) in [7, 11) is 0. The second-order valence-corrected chi connectivity index (χ2v) is 5.67. The van der Waals surface area contributed by atoms with Crippen molar-refractivity contribution < 1.29 is 14.7 Å². The number of nitrogens with one attached hydrogen (secondary N) is 2. The number of aliphatic hydroxyl groups excluding tert-OH is 1. The highest BCUT2D eigenvalue weighted by Gasteiger charge is 2.17. The second kappa shape index (κ2) is 7.40. The van der Waals surface area contributed by atoms with Gasteiger partial charge in [-0.25, -0.2) is 0 Å². The van der Waals surface area contributed by atoms with E-state index in [0.717, 1.165) is 15.6 Å². The van der Waals surface area contributed by atoms with Gasteiger partial charge in [-0.15, -0.1) is 0 Å². The van der Waals surface area contributed by atoms with Gasteiger partial charge >= 0.3 is 11.8 Å². The Bertz CT molecular complexity index is 494. The van der Waals surface area contributed by atoms with Crippen molar-refractivity contribution in [2.45, 2.75) is 33.2 Å². The van der Waals surface area contributed by atoms with Gasteiger partial charge in [-0.2, -0.15) is 0 Å². The number of carbonyl (C=O) groups is 2. The second-order valence-electron chi connectivity index (χ2n) is 4.76. The average Bonchev–Trinajstić information content (AvgIpc) is 2.33. The van der Waals surface area contributed by atoms with Crippen molar-refractivity contribution in [1.82, 2.24) is 5.32 Å². The molecule has 0 spiro atoms. The Morgan fingerprint density at radius 3 is 2.30 bits per heavy atom. The molecular formula is C14H19BrN2O3. The first-order chi connectivity index (χ1) is 9.35. The van der Waals surface area contributed by atoms with E-state index in [9.17, 15) is 9.59 Å². The number of carbonyl (C=O) groups excluding carboxylic acids is 2. The predicted octanol–water partition coefficient (Wildman–Crippen LogP) is 1.89. The molecule has 0 radical (unpaired) electrons. The predicted molar refractivity (Wildman–Crippen MR) is 81.6 cm³/mol. The Labute approximate surface area is 126 Å². The van der Waals surface area contributed by atoms with Crippen LogP contribution in [0.4, 0.5) is 5.69 Å². The molecule has 1 atom stereocenters. The van der Waals surface area contributed by atoms with Gasteiger partial charge in [-0.05, 0) is 50.5 Å². The summed E-state index contributed by atoms with van der Waals surface area (Å²) in [4.78, 5) is 23.6. The highest BCUT2D eigenvalue weighted by molar-refractivity contribution is 9.10. The number of hydrogen-bond acceptors (Lipinski definition) is 3. The van der Waals surface area contributed by atoms with E-state index in [1.807, 2.05) is 26.0 Å². The van der Waals surface area contributed by atoms with Gasteiger partial charge in [0.05, 0.1) is 0 Å². The lowest BCUT2D eigenvalue weighted by molar-refractivity contribution is -0.136. The molecule has 3 N–H and O–H groups in total. The van der Waals surface area contributed by atoms with Crippen molar-refractivity contribution in [1.29, 1.82) is 0 Å². The summed E-state index contributed by atoms with van der Waals surface area (Å²) in [5, 5.41) is 13.9. The SMILES string of the molecule is Cc1cc(Br)cc(C)c1NC(=O)C(=O)N[C@H](C)CCO. The van der Waals surface area contributed by atoms with Crippen molar-refractivity contribution in [2.75, 3.05) is 11.9 Å². The lowest BCUT2D eigenvalue weighted by atomic mass is 10.1. The topological polar surface area (TPSA) is 78.4 Å². The van der Waals surface area contributed by atoms with E-state index in [1.54, 1.807) is 6.92 Å². The minimum atomic E-state index is -0.705. The summed E-state index contributed by atoms with van der Waals surface area (Å²) < 4.78 is 0.923. The Hall–Kier alpha value is -1.40. The first-order valence-electron chi connectivity index (χ1n) is 6.34. The molecule has 6 heteroatoms. The molecule has 0 heterocycles. The molecule has 5 nitrogen and oxygen atoms in total. The van der Waals surface area contributed by atoms with Gasteiger partial charge in [-0.1, -0.05) is 15.9 Å². The van der Waals surface area contributed by atoms with Crippen LogP contribution >= 0.6 is 15.9 Å². The number of aliphatic hydroxyl groups is 1. The summed E-state index contributed by atoms with van der Waals surface area (Å²) in [5.74, 6) is -1.41. The Morgan fingerprint density at radius 1 is 1.25 bits per heavy atom. The summed E-state index contributed by atoms with van der Waals surface area (Å²) in [6, 6.07) is 3.49. The maximum atomic E-state index is 11.8. The monoisotopic (exact) mass is 342 g/mol. The fourth-order valence-electron chi connectivity index (χ4n) is 1.83. The van der Waals surface area contributed by atoms with E-state index in [4.69, 9.17) is 5.11 Å². The first kappa shape index (κ1) is 16.7. The maximum absolute atomic E-state index is 11.8. The molecule has 20 heavy (non-hydrogen) atoms. The normalized spacial score (nSPS) is 11.8. The van der Waals surface area contributed by atoms with Crippen LogP contribution in [0.25, 0.3) is 0 Å². The molecule has 0 bridgehead atoms. The van der Waals surface area contributed by atoms with Crippen LogP contribution in [0, 0.1) is 13.8 Å². The third kappa shape index (κ3) is 4.61. The number of anilines is 1. The van der Waals surface area contributed by atoms with Crippen LogP contribution < -0.4 is 10.6 Å². The van der Waals surface area contributed by atoms with Gasteiger partial charge in [0.1, 0.15) is 0 Å². The van der Waals surface area contributed by atoms with Gasteiger partial charge in [0.2, 0.25) is 0 Å². The number of rotatable bonds is 4. The molecule has 0 saturated carbocycles. The van der Waals surface area contributed by atoms with E-state index < -0.39 is 11.8 Å². The minimum absolute atomic E-state index is 0.0337. The number of amides is 2. The van der Waals surface area contributed by atoms with Crippen LogP contribution in [-0.4, -0.2) is 29.6 Å². The third-order valence-corrected chi connectivity index (χ3v) is 3.34. The van der Waals surface area contributed by atoms with Crippen molar-refractivity contribution in [3.8, 4) is 0 Å². The zero-order valence-corrected chi connectivity index (χ0v) is 13.4. The highest BCUT2D eigenvalue weighted by Crippen LogP contribution is 2.24. The Kier molecular flexibility index (Phi) is 6.16. The van der Waals surface area contributed by atoms with Gasteiger partial charge in [0.25, 0.3) is 0 Å². The molecule has 0 unspecified atom stereocenters. The average molecular weight is 343 g/mol. The Morgan fingerprint density at radius 2 is 1.80 bits per heavy atom. The quantitative estimate of drug-likeness (QED) is 0.731. The fourth-order valence-corrected chi connectivity index (χ4v) is 2.52. The summed E-state index contributed by atoms with van der Waals surface area (Å²) in [6.07, 6.45) is 0.412. The molecule has 0 aliphatic rings. The highest BCUT2D eigenvalue weighted by atomic mass is 79.9. The molecule has 0 aliphatic carbocycles. The largest absolute Gasteiger partial charge is 0.396 e. The molecule has 0 aromatic heterocycles. The molecule has 0 fully saturated rings. The van der Waals surface area contributed by atoms with Crippen molar-refractivity contribution >= 4 is 33.4 Å². The molecule has 0 aliphatic heterocycles. The number of hydrogen-bond donors (Lipinski definition) is 3. The van der Waals surface area contributed by atoms with Gasteiger partial charge in [0.15, 0.2) is 0 Å². The summed E-state index contributed by atoms with van der Waals surface area (Å²) in [6.45, 7) is 5.42. The molecule has 110 valence electrons. The van der Waals surface area contributed by atoms with Crippen LogP contribution in [0.2, 0.25) is 0 Å². The fraction of sp³-hybridized carbons (Fsp3) is 0.429. The van der Waals surface area contributed by atoms with Crippen LogP contribution in [0.15, 0.2) is 16.6 Å². The van der Waals surface area contributed by atoms with Crippen LogP contribution in [0.1, 0.15) is 24.5 Å². The van der Waals surface area contributed by atoms with E-state index in [1.165, 1.54) is 0 Å². The Balaban J connectivity index is 2.74. The maximum Gasteiger partial charge on any atom is 0.313 e. The first-order valence-corrected chi connectivity index (χ1v) is 7.14. The lowest BCUT2D eigenvalue weighted by Gasteiger charge is -2.14. The zero-order valence-electron chi connectivity index (χ0n) is 11.8. The molecule has 2 amide bonds. The number of aryl methyl sites for hydroxylation is 2. The van der Waals surface area contributed by atoms with Gasteiger partial charge < -0.3 is 15.7 Å². The smallest absolute Gasteiger partial charge is 0.313 e. The van der Waals surface area contributed by atoms with Gasteiger partial charge in [-0.3, -0.25) is 9.59 Å². The van der Waals surface area contributed by atoms with E-state index in [2.05, 4.69) is 26.6 Å². The zero-order chi connectivity index (χ0) is 15.3. The molecule has 1 aromatic carbocycles. The van der Waals surface area contributed by atoms with E-state index in [0.29, 0.717) is 12.1 Å². The lowest BCUT2D eigenvalue weighted by Crippen LogP contribution is -2.41. The summed E-state index contributed by atoms with van der Waals surface area (Å²) >= 11 is 3.38. The number of halogens is 1. The van der Waals surface area contributed by atoms with Crippen molar-refractivity contribution in [2.24, 2.45) is 0 Å². The molecular weight excluding hydrogens is 324 g/mol.